The SMILES string of the molecule is O=C(O)c1ccc2c(n1)OCCC2. The van der Waals surface area contributed by atoms with E-state index in [4.69, 9.17) is 9.84 Å². The van der Waals surface area contributed by atoms with E-state index in [9.17, 15) is 4.79 Å². The number of aromatic nitrogens is 1. The lowest BCUT2D eigenvalue weighted by atomic mass is 10.1. The molecule has 0 atom stereocenters. The highest BCUT2D eigenvalue weighted by Crippen LogP contribution is 2.22. The van der Waals surface area contributed by atoms with Crippen LogP contribution in [0, 0.1) is 0 Å². The molecule has 4 nitrogen and oxygen atoms in total. The molecule has 1 N–H and O–H groups in total. The van der Waals surface area contributed by atoms with Crippen molar-refractivity contribution in [3.63, 3.8) is 0 Å². The van der Waals surface area contributed by atoms with Crippen LogP contribution in [0.4, 0.5) is 0 Å². The number of aromatic carboxylic acids is 1. The van der Waals surface area contributed by atoms with Gasteiger partial charge in [0.1, 0.15) is 0 Å². The average Bonchev–Trinajstić information content (AvgIpc) is 2.17. The maximum Gasteiger partial charge on any atom is 0.354 e. The van der Waals surface area contributed by atoms with Crippen LogP contribution >= 0.6 is 0 Å². The van der Waals surface area contributed by atoms with Crippen molar-refractivity contribution in [3.05, 3.63) is 23.4 Å². The van der Waals surface area contributed by atoms with E-state index in [1.54, 1.807) is 6.07 Å². The van der Waals surface area contributed by atoms with E-state index in [0.717, 1.165) is 18.4 Å². The number of aryl methyl sites for hydroxylation is 1. The largest absolute Gasteiger partial charge is 0.477 e. The Labute approximate surface area is 75.2 Å². The Kier molecular flexibility index (Phi) is 1.88. The number of hydrogen-bond acceptors (Lipinski definition) is 3. The first kappa shape index (κ1) is 8.04. The van der Waals surface area contributed by atoms with Gasteiger partial charge in [0, 0.05) is 5.56 Å². The monoisotopic (exact) mass is 179 g/mol. The molecule has 68 valence electrons. The zero-order chi connectivity index (χ0) is 9.26. The molecule has 1 aliphatic rings. The van der Waals surface area contributed by atoms with Crippen LogP contribution in [0.25, 0.3) is 0 Å². The summed E-state index contributed by atoms with van der Waals surface area (Å²) in [5.74, 6) is -0.539. The molecule has 0 saturated heterocycles. The fourth-order valence-corrected chi connectivity index (χ4v) is 1.34. The minimum atomic E-state index is -1.02. The first-order chi connectivity index (χ1) is 6.27. The van der Waals surface area contributed by atoms with Gasteiger partial charge in [-0.1, -0.05) is 6.07 Å². The molecule has 0 saturated carbocycles. The Morgan fingerprint density at radius 3 is 3.15 bits per heavy atom. The van der Waals surface area contributed by atoms with Crippen molar-refractivity contribution in [2.45, 2.75) is 12.8 Å². The predicted molar refractivity (Wildman–Crippen MR) is 45.0 cm³/mol. The van der Waals surface area contributed by atoms with Crippen molar-refractivity contribution >= 4 is 5.97 Å². The molecule has 0 aromatic carbocycles. The summed E-state index contributed by atoms with van der Waals surface area (Å²) < 4.78 is 5.24. The molecule has 1 aliphatic heterocycles. The smallest absolute Gasteiger partial charge is 0.354 e. The van der Waals surface area contributed by atoms with Gasteiger partial charge in [-0.15, -0.1) is 0 Å². The molecule has 0 spiro atoms. The molecule has 0 aliphatic carbocycles. The fraction of sp³-hybridized carbons (Fsp3) is 0.333. The van der Waals surface area contributed by atoms with Crippen molar-refractivity contribution in [1.82, 2.24) is 4.98 Å². The summed E-state index contributed by atoms with van der Waals surface area (Å²) in [6.45, 7) is 0.628. The Bertz CT molecular complexity index is 349. The summed E-state index contributed by atoms with van der Waals surface area (Å²) in [4.78, 5) is 14.5. The number of carboxylic acids is 1. The summed E-state index contributed by atoms with van der Waals surface area (Å²) in [7, 11) is 0. The van der Waals surface area contributed by atoms with Gasteiger partial charge in [-0.2, -0.15) is 0 Å². The number of nitrogens with zero attached hydrogens (tertiary/aromatic N) is 1. The molecule has 1 aromatic heterocycles. The molecule has 0 fully saturated rings. The lowest BCUT2D eigenvalue weighted by molar-refractivity contribution is 0.0689. The van der Waals surface area contributed by atoms with E-state index in [1.807, 2.05) is 0 Å². The first-order valence-electron chi connectivity index (χ1n) is 4.13. The number of pyridine rings is 1. The number of rotatable bonds is 1. The summed E-state index contributed by atoms with van der Waals surface area (Å²) in [6, 6.07) is 3.28. The Balaban J connectivity index is 2.40. The Morgan fingerprint density at radius 1 is 1.54 bits per heavy atom. The predicted octanol–water partition coefficient (Wildman–Crippen LogP) is 1.10. The zero-order valence-electron chi connectivity index (χ0n) is 6.99. The second-order valence-corrected chi connectivity index (χ2v) is 2.92. The fourth-order valence-electron chi connectivity index (χ4n) is 1.34. The van der Waals surface area contributed by atoms with Crippen LogP contribution < -0.4 is 4.74 Å². The topological polar surface area (TPSA) is 59.4 Å². The van der Waals surface area contributed by atoms with E-state index < -0.39 is 5.97 Å². The van der Waals surface area contributed by atoms with Crippen LogP contribution in [0.5, 0.6) is 5.88 Å². The van der Waals surface area contributed by atoms with Gasteiger partial charge >= 0.3 is 5.97 Å². The third-order valence-electron chi connectivity index (χ3n) is 1.99. The second kappa shape index (κ2) is 3.05. The number of carboxylic acid groups (broad SMARTS) is 1. The maximum atomic E-state index is 10.6. The molecule has 2 heterocycles. The molecular formula is C9H9NO3. The minimum Gasteiger partial charge on any atom is -0.477 e. The molecule has 0 radical (unpaired) electrons. The van der Waals surface area contributed by atoms with Crippen LogP contribution in [-0.2, 0) is 6.42 Å². The summed E-state index contributed by atoms with van der Waals surface area (Å²) in [5.41, 5.74) is 1.04. The molecular weight excluding hydrogens is 170 g/mol. The highest BCUT2D eigenvalue weighted by molar-refractivity contribution is 5.85. The van der Waals surface area contributed by atoms with E-state index in [0.29, 0.717) is 12.5 Å². The van der Waals surface area contributed by atoms with E-state index >= 15 is 0 Å². The van der Waals surface area contributed by atoms with Crippen LogP contribution in [0.15, 0.2) is 12.1 Å². The van der Waals surface area contributed by atoms with E-state index in [-0.39, 0.29) is 5.69 Å². The lowest BCUT2D eigenvalue weighted by Gasteiger charge is -2.15. The number of ether oxygens (including phenoxy) is 1. The van der Waals surface area contributed by atoms with Crippen molar-refractivity contribution in [2.24, 2.45) is 0 Å². The molecule has 4 heteroatoms. The second-order valence-electron chi connectivity index (χ2n) is 2.92. The molecule has 13 heavy (non-hydrogen) atoms. The quantitative estimate of drug-likeness (QED) is 0.701. The van der Waals surface area contributed by atoms with Crippen molar-refractivity contribution in [1.29, 1.82) is 0 Å². The third kappa shape index (κ3) is 1.47. The van der Waals surface area contributed by atoms with Gasteiger partial charge in [0.05, 0.1) is 6.61 Å². The van der Waals surface area contributed by atoms with Crippen molar-refractivity contribution in [3.8, 4) is 5.88 Å². The first-order valence-corrected chi connectivity index (χ1v) is 4.13. The normalized spacial score (nSPS) is 14.5. The van der Waals surface area contributed by atoms with Crippen LogP contribution in [0.1, 0.15) is 22.5 Å². The maximum absolute atomic E-state index is 10.6. The van der Waals surface area contributed by atoms with Gasteiger partial charge in [-0.05, 0) is 18.9 Å². The lowest BCUT2D eigenvalue weighted by Crippen LogP contribution is -2.12. The summed E-state index contributed by atoms with van der Waals surface area (Å²) in [5, 5.41) is 8.67. The van der Waals surface area contributed by atoms with Gasteiger partial charge < -0.3 is 9.84 Å². The van der Waals surface area contributed by atoms with Gasteiger partial charge in [-0.25, -0.2) is 9.78 Å². The number of fused-ring (bicyclic) bond motifs is 1. The standard InChI is InChI=1S/C9H9NO3/c11-9(12)7-4-3-6-2-1-5-13-8(6)10-7/h3-4H,1-2,5H2,(H,11,12). The Morgan fingerprint density at radius 2 is 2.38 bits per heavy atom. The van der Waals surface area contributed by atoms with Gasteiger partial charge in [-0.3, -0.25) is 0 Å². The van der Waals surface area contributed by atoms with Crippen LogP contribution in [0.3, 0.4) is 0 Å². The molecule has 0 unspecified atom stereocenters. The third-order valence-corrected chi connectivity index (χ3v) is 1.99. The van der Waals surface area contributed by atoms with Gasteiger partial charge in [0.15, 0.2) is 5.69 Å². The zero-order valence-corrected chi connectivity index (χ0v) is 6.99. The Hall–Kier alpha value is -1.58. The van der Waals surface area contributed by atoms with Crippen LogP contribution in [-0.4, -0.2) is 22.7 Å². The van der Waals surface area contributed by atoms with Crippen LogP contribution in [0.2, 0.25) is 0 Å². The van der Waals surface area contributed by atoms with Gasteiger partial charge in [0.25, 0.3) is 0 Å². The molecule has 0 bridgehead atoms. The van der Waals surface area contributed by atoms with Crippen molar-refractivity contribution < 1.29 is 14.6 Å². The molecule has 1 aromatic rings. The highest BCUT2D eigenvalue weighted by Gasteiger charge is 2.14. The number of hydrogen-bond donors (Lipinski definition) is 1. The van der Waals surface area contributed by atoms with Gasteiger partial charge in [0.2, 0.25) is 5.88 Å². The van der Waals surface area contributed by atoms with Crippen molar-refractivity contribution in [2.75, 3.05) is 6.61 Å². The molecule has 2 rings (SSSR count). The highest BCUT2D eigenvalue weighted by atomic mass is 16.5. The number of carbonyl (C=O) groups is 1. The van der Waals surface area contributed by atoms with E-state index in [2.05, 4.69) is 4.98 Å². The molecule has 0 amide bonds. The summed E-state index contributed by atoms with van der Waals surface area (Å²) >= 11 is 0. The summed E-state index contributed by atoms with van der Waals surface area (Å²) in [6.07, 6.45) is 1.89. The minimum absolute atomic E-state index is 0.0423. The van der Waals surface area contributed by atoms with E-state index in [1.165, 1.54) is 6.07 Å². The average molecular weight is 179 g/mol.